The number of hydrogen-bond acceptors (Lipinski definition) is 5. The summed E-state index contributed by atoms with van der Waals surface area (Å²) in [4.78, 5) is 30.8. The molecule has 3 heterocycles. The number of benzene rings is 3. The van der Waals surface area contributed by atoms with Gasteiger partial charge in [0.05, 0.1) is 5.92 Å². The lowest BCUT2D eigenvalue weighted by Crippen LogP contribution is -2.52. The second-order valence-corrected chi connectivity index (χ2v) is 9.82. The number of hydrogen-bond donors (Lipinski definition) is 0. The second kappa shape index (κ2) is 8.29. The quantitative estimate of drug-likeness (QED) is 0.562. The molecular formula is C29H26N2O5. The molecule has 3 aromatic carbocycles. The van der Waals surface area contributed by atoms with E-state index in [2.05, 4.69) is 0 Å². The molecule has 0 radical (unpaired) electrons. The Morgan fingerprint density at radius 1 is 0.694 bits per heavy atom. The Hall–Kier alpha value is -4.00. The summed E-state index contributed by atoms with van der Waals surface area (Å²) in [6.07, 6.45) is 0.854. The molecule has 3 aromatic rings. The smallest absolute Gasteiger partial charge is 0.234 e. The fourth-order valence-electron chi connectivity index (χ4n) is 5.72. The van der Waals surface area contributed by atoms with Crippen molar-refractivity contribution in [2.45, 2.75) is 18.3 Å². The van der Waals surface area contributed by atoms with Gasteiger partial charge in [0.25, 0.3) is 0 Å². The molecule has 0 N–H and O–H groups in total. The van der Waals surface area contributed by atoms with Crippen molar-refractivity contribution in [3.05, 3.63) is 83.4 Å². The number of carbonyl (C=O) groups is 2. The van der Waals surface area contributed by atoms with Crippen LogP contribution in [0.15, 0.2) is 66.7 Å². The Balaban J connectivity index is 1.03. The predicted molar refractivity (Wildman–Crippen MR) is 131 cm³/mol. The van der Waals surface area contributed by atoms with Gasteiger partial charge in [-0.1, -0.05) is 42.5 Å². The van der Waals surface area contributed by atoms with E-state index in [0.29, 0.717) is 26.2 Å². The molecule has 36 heavy (non-hydrogen) atoms. The van der Waals surface area contributed by atoms with E-state index in [9.17, 15) is 9.59 Å². The van der Waals surface area contributed by atoms with Crippen LogP contribution in [0.4, 0.5) is 0 Å². The predicted octanol–water partition coefficient (Wildman–Crippen LogP) is 4.13. The van der Waals surface area contributed by atoms with Crippen molar-refractivity contribution in [2.24, 2.45) is 5.92 Å². The van der Waals surface area contributed by atoms with Crippen LogP contribution in [-0.2, 0) is 9.59 Å². The van der Waals surface area contributed by atoms with Crippen LogP contribution < -0.4 is 14.2 Å². The molecule has 182 valence electrons. The van der Waals surface area contributed by atoms with Crippen molar-refractivity contribution in [3.8, 4) is 23.0 Å². The zero-order valence-corrected chi connectivity index (χ0v) is 19.8. The van der Waals surface area contributed by atoms with E-state index < -0.39 is 5.92 Å². The van der Waals surface area contributed by atoms with E-state index in [1.807, 2.05) is 76.5 Å². The summed E-state index contributed by atoms with van der Waals surface area (Å²) in [6.45, 7) is 2.43. The number of ether oxygens (including phenoxy) is 3. The Kier molecular flexibility index (Phi) is 4.91. The normalized spacial score (nSPS) is 21.9. The van der Waals surface area contributed by atoms with E-state index in [1.54, 1.807) is 0 Å². The van der Waals surface area contributed by atoms with E-state index in [4.69, 9.17) is 14.2 Å². The molecule has 7 rings (SSSR count). The van der Waals surface area contributed by atoms with E-state index in [-0.39, 0.29) is 30.4 Å². The van der Waals surface area contributed by atoms with Crippen LogP contribution in [0.5, 0.6) is 23.0 Å². The number of nitrogens with zero attached hydrogens (tertiary/aromatic N) is 2. The van der Waals surface area contributed by atoms with Crippen LogP contribution >= 0.6 is 0 Å². The molecular weight excluding hydrogens is 456 g/mol. The molecule has 3 aliphatic heterocycles. The van der Waals surface area contributed by atoms with Gasteiger partial charge in [0, 0.05) is 43.2 Å². The zero-order chi connectivity index (χ0) is 24.2. The highest BCUT2D eigenvalue weighted by Gasteiger charge is 2.47. The number of amides is 2. The first kappa shape index (κ1) is 21.3. The summed E-state index contributed by atoms with van der Waals surface area (Å²) < 4.78 is 17.0. The van der Waals surface area contributed by atoms with Gasteiger partial charge in [-0.15, -0.1) is 0 Å². The molecule has 0 spiro atoms. The number of carbonyl (C=O) groups excluding carboxylic acids is 2. The summed E-state index contributed by atoms with van der Waals surface area (Å²) in [5.74, 6) is 3.06. The van der Waals surface area contributed by atoms with Crippen molar-refractivity contribution >= 4 is 11.8 Å². The lowest BCUT2D eigenvalue weighted by Gasteiger charge is -2.38. The molecule has 1 saturated heterocycles. The highest BCUT2D eigenvalue weighted by molar-refractivity contribution is 5.90. The Morgan fingerprint density at radius 2 is 1.31 bits per heavy atom. The second-order valence-electron chi connectivity index (χ2n) is 9.82. The molecule has 7 heteroatoms. The number of para-hydroxylation sites is 2. The fourth-order valence-corrected chi connectivity index (χ4v) is 5.72. The van der Waals surface area contributed by atoms with Crippen molar-refractivity contribution in [1.29, 1.82) is 0 Å². The minimum Gasteiger partial charge on any atom is -0.457 e. The van der Waals surface area contributed by atoms with Crippen LogP contribution in [-0.4, -0.2) is 54.6 Å². The molecule has 1 saturated carbocycles. The maximum atomic E-state index is 13.8. The van der Waals surface area contributed by atoms with Crippen molar-refractivity contribution < 1.29 is 23.8 Å². The molecule has 7 nitrogen and oxygen atoms in total. The molecule has 4 aliphatic rings. The SMILES string of the molecule is O=C(C1c2ccccc2Oc2ccccc21)N1CCN(C(=O)C2CC2c2ccc3c(c2)OCO3)CC1. The number of fused-ring (bicyclic) bond motifs is 3. The topological polar surface area (TPSA) is 68.3 Å². The van der Waals surface area contributed by atoms with E-state index in [1.165, 1.54) is 0 Å². The van der Waals surface area contributed by atoms with E-state index in [0.717, 1.165) is 46.1 Å². The van der Waals surface area contributed by atoms with Crippen LogP contribution in [0.3, 0.4) is 0 Å². The Morgan fingerprint density at radius 3 is 2.00 bits per heavy atom. The van der Waals surface area contributed by atoms with Crippen molar-refractivity contribution in [3.63, 3.8) is 0 Å². The highest BCUT2D eigenvalue weighted by Crippen LogP contribution is 2.50. The highest BCUT2D eigenvalue weighted by atomic mass is 16.7. The minimum atomic E-state index is -0.396. The van der Waals surface area contributed by atoms with Crippen LogP contribution in [0, 0.1) is 5.92 Å². The van der Waals surface area contributed by atoms with Gasteiger partial charge in [0.1, 0.15) is 11.5 Å². The third-order valence-electron chi connectivity index (χ3n) is 7.76. The van der Waals surface area contributed by atoms with Gasteiger partial charge in [0.15, 0.2) is 11.5 Å². The number of rotatable bonds is 3. The Bertz CT molecular complexity index is 1320. The van der Waals surface area contributed by atoms with Gasteiger partial charge < -0.3 is 24.0 Å². The van der Waals surface area contributed by atoms with Crippen LogP contribution in [0.25, 0.3) is 0 Å². The van der Waals surface area contributed by atoms with Gasteiger partial charge in [-0.25, -0.2) is 0 Å². The molecule has 2 unspecified atom stereocenters. The van der Waals surface area contributed by atoms with Gasteiger partial charge in [-0.05, 0) is 42.2 Å². The summed E-state index contributed by atoms with van der Waals surface area (Å²) in [5.41, 5.74) is 2.91. The standard InChI is InChI=1S/C29H26N2O5/c32-28(22-16-21(22)18-9-10-25-26(15-18)35-17-34-25)30-11-13-31(14-12-30)29(33)27-19-5-1-3-7-23(19)36-24-8-4-2-6-20(24)27/h1-10,15,21-22,27H,11-14,16-17H2. The molecule has 2 atom stereocenters. The van der Waals surface area contributed by atoms with Crippen LogP contribution in [0.1, 0.15) is 34.9 Å². The zero-order valence-electron chi connectivity index (χ0n) is 19.8. The lowest BCUT2D eigenvalue weighted by molar-refractivity contribution is -0.140. The first-order chi connectivity index (χ1) is 17.7. The average molecular weight is 483 g/mol. The third-order valence-corrected chi connectivity index (χ3v) is 7.76. The maximum absolute atomic E-state index is 13.8. The first-order valence-electron chi connectivity index (χ1n) is 12.5. The van der Waals surface area contributed by atoms with Gasteiger partial charge in [-0.2, -0.15) is 0 Å². The molecule has 2 amide bonds. The average Bonchev–Trinajstić information content (AvgIpc) is 3.59. The molecule has 0 bridgehead atoms. The summed E-state index contributed by atoms with van der Waals surface area (Å²) in [6, 6.07) is 21.5. The van der Waals surface area contributed by atoms with Crippen molar-refractivity contribution in [1.82, 2.24) is 9.80 Å². The lowest BCUT2D eigenvalue weighted by atomic mass is 9.86. The minimum absolute atomic E-state index is 0.00173. The first-order valence-corrected chi connectivity index (χ1v) is 12.5. The molecule has 1 aliphatic carbocycles. The van der Waals surface area contributed by atoms with Crippen molar-refractivity contribution in [2.75, 3.05) is 33.0 Å². The van der Waals surface area contributed by atoms with Gasteiger partial charge in [-0.3, -0.25) is 9.59 Å². The maximum Gasteiger partial charge on any atom is 0.234 e. The van der Waals surface area contributed by atoms with Crippen LogP contribution in [0.2, 0.25) is 0 Å². The molecule has 0 aromatic heterocycles. The monoisotopic (exact) mass is 482 g/mol. The third kappa shape index (κ3) is 3.49. The van der Waals surface area contributed by atoms with Gasteiger partial charge in [0.2, 0.25) is 18.6 Å². The van der Waals surface area contributed by atoms with Gasteiger partial charge >= 0.3 is 0 Å². The summed E-state index contributed by atoms with van der Waals surface area (Å²) in [7, 11) is 0. The van der Waals surface area contributed by atoms with E-state index >= 15 is 0 Å². The molecule has 2 fully saturated rings. The summed E-state index contributed by atoms with van der Waals surface area (Å²) in [5, 5.41) is 0. The fraction of sp³-hybridized carbons (Fsp3) is 0.310. The summed E-state index contributed by atoms with van der Waals surface area (Å²) >= 11 is 0. The largest absolute Gasteiger partial charge is 0.457 e. The Labute approximate surface area is 209 Å². The number of piperazine rings is 1.